The van der Waals surface area contributed by atoms with Crippen molar-refractivity contribution in [2.75, 3.05) is 6.54 Å². The second-order valence-corrected chi connectivity index (χ2v) is 6.46. The van der Waals surface area contributed by atoms with Gasteiger partial charge in [-0.2, -0.15) is 5.10 Å². The smallest absolute Gasteiger partial charge is 0.267 e. The van der Waals surface area contributed by atoms with Crippen molar-refractivity contribution in [3.8, 4) is 0 Å². The van der Waals surface area contributed by atoms with E-state index in [1.165, 1.54) is 0 Å². The fourth-order valence-corrected chi connectivity index (χ4v) is 3.70. The van der Waals surface area contributed by atoms with E-state index < -0.39 is 0 Å². The van der Waals surface area contributed by atoms with Gasteiger partial charge in [0.05, 0.1) is 17.9 Å². The van der Waals surface area contributed by atoms with Crippen molar-refractivity contribution >= 4 is 0 Å². The van der Waals surface area contributed by atoms with Crippen LogP contribution in [0.25, 0.3) is 0 Å². The van der Waals surface area contributed by atoms with Gasteiger partial charge in [-0.15, -0.1) is 0 Å². The Hall–Kier alpha value is -2.08. The minimum atomic E-state index is 0.0412. The number of hydrogen-bond donors (Lipinski definition) is 0. The third-order valence-electron chi connectivity index (χ3n) is 4.91. The second-order valence-electron chi connectivity index (χ2n) is 6.46. The van der Waals surface area contributed by atoms with Gasteiger partial charge in [0.25, 0.3) is 5.56 Å². The van der Waals surface area contributed by atoms with Gasteiger partial charge in [-0.3, -0.25) is 9.69 Å². The van der Waals surface area contributed by atoms with Crippen LogP contribution in [-0.2, 0) is 25.9 Å². The number of fused-ring (bicyclic) bond motifs is 1. The van der Waals surface area contributed by atoms with Gasteiger partial charge in [0.1, 0.15) is 6.33 Å². The Labute approximate surface area is 135 Å². The van der Waals surface area contributed by atoms with E-state index in [9.17, 15) is 4.79 Å². The predicted molar refractivity (Wildman–Crippen MR) is 86.0 cm³/mol. The van der Waals surface area contributed by atoms with Crippen LogP contribution in [0.5, 0.6) is 0 Å². The van der Waals surface area contributed by atoms with Gasteiger partial charge in [0.2, 0.25) is 0 Å². The Morgan fingerprint density at radius 2 is 2.22 bits per heavy atom. The highest BCUT2D eigenvalue weighted by Gasteiger charge is 2.26. The first-order chi connectivity index (χ1) is 11.3. The van der Waals surface area contributed by atoms with E-state index in [1.54, 1.807) is 23.3 Å². The van der Waals surface area contributed by atoms with E-state index >= 15 is 0 Å². The first-order valence-corrected chi connectivity index (χ1v) is 8.38. The average Bonchev–Trinajstić information content (AvgIpc) is 3.18. The van der Waals surface area contributed by atoms with Crippen molar-refractivity contribution in [1.82, 2.24) is 24.6 Å². The molecule has 6 heteroatoms. The van der Waals surface area contributed by atoms with Crippen LogP contribution in [0.1, 0.15) is 36.2 Å². The summed E-state index contributed by atoms with van der Waals surface area (Å²) < 4.78 is 1.67. The summed E-state index contributed by atoms with van der Waals surface area (Å²) in [6.45, 7) is 2.54. The number of hydrogen-bond acceptors (Lipinski definition) is 5. The molecule has 0 aromatic carbocycles. The Bertz CT molecular complexity index is 742. The molecule has 3 heterocycles. The third-order valence-corrected chi connectivity index (χ3v) is 4.91. The molecule has 1 unspecified atom stereocenters. The van der Waals surface area contributed by atoms with E-state index in [0.717, 1.165) is 62.1 Å². The topological polar surface area (TPSA) is 63.9 Å². The van der Waals surface area contributed by atoms with Gasteiger partial charge in [0, 0.05) is 24.8 Å². The first-order valence-electron chi connectivity index (χ1n) is 8.38. The molecule has 23 heavy (non-hydrogen) atoms. The number of rotatable bonds is 4. The van der Waals surface area contributed by atoms with Gasteiger partial charge in [0.15, 0.2) is 0 Å². The predicted octanol–water partition coefficient (Wildman–Crippen LogP) is 1.19. The lowest BCUT2D eigenvalue weighted by atomic mass is 10.2. The third kappa shape index (κ3) is 3.03. The molecule has 1 aliphatic carbocycles. The number of aromatic nitrogens is 4. The highest BCUT2D eigenvalue weighted by atomic mass is 16.1. The molecule has 1 saturated heterocycles. The van der Waals surface area contributed by atoms with Crippen molar-refractivity contribution in [2.24, 2.45) is 0 Å². The van der Waals surface area contributed by atoms with Gasteiger partial charge < -0.3 is 0 Å². The summed E-state index contributed by atoms with van der Waals surface area (Å²) >= 11 is 0. The minimum absolute atomic E-state index is 0.0412. The van der Waals surface area contributed by atoms with Crippen LogP contribution in [0.4, 0.5) is 0 Å². The van der Waals surface area contributed by atoms with Crippen LogP contribution in [-0.4, -0.2) is 37.2 Å². The SMILES string of the molecule is O=c1cc2c(nn1CC1CCCN1Cc1ccncn1)CCC2. The van der Waals surface area contributed by atoms with Gasteiger partial charge >= 0.3 is 0 Å². The lowest BCUT2D eigenvalue weighted by Gasteiger charge is -2.24. The normalized spacial score (nSPS) is 20.8. The number of nitrogens with zero attached hydrogens (tertiary/aromatic N) is 5. The van der Waals surface area contributed by atoms with Crippen LogP contribution in [0.3, 0.4) is 0 Å². The highest BCUT2D eigenvalue weighted by molar-refractivity contribution is 5.22. The van der Waals surface area contributed by atoms with E-state index in [2.05, 4.69) is 20.0 Å². The monoisotopic (exact) mass is 311 g/mol. The lowest BCUT2D eigenvalue weighted by molar-refractivity contribution is 0.214. The van der Waals surface area contributed by atoms with Crippen molar-refractivity contribution < 1.29 is 0 Å². The summed E-state index contributed by atoms with van der Waals surface area (Å²) in [7, 11) is 0. The Balaban J connectivity index is 1.50. The van der Waals surface area contributed by atoms with Gasteiger partial charge in [-0.1, -0.05) is 0 Å². The van der Waals surface area contributed by atoms with Crippen molar-refractivity contribution in [3.63, 3.8) is 0 Å². The molecule has 0 bridgehead atoms. The summed E-state index contributed by atoms with van der Waals surface area (Å²) in [6.07, 6.45) is 8.76. The van der Waals surface area contributed by atoms with Crippen molar-refractivity contribution in [1.29, 1.82) is 0 Å². The number of aryl methyl sites for hydroxylation is 2. The molecule has 2 aromatic heterocycles. The minimum Gasteiger partial charge on any atom is -0.293 e. The zero-order valence-electron chi connectivity index (χ0n) is 13.2. The molecule has 0 spiro atoms. The fourth-order valence-electron chi connectivity index (χ4n) is 3.70. The van der Waals surface area contributed by atoms with E-state index in [-0.39, 0.29) is 5.56 Å². The van der Waals surface area contributed by atoms with E-state index in [1.807, 2.05) is 6.07 Å². The Morgan fingerprint density at radius 3 is 3.09 bits per heavy atom. The van der Waals surface area contributed by atoms with Crippen molar-refractivity contribution in [2.45, 2.75) is 51.2 Å². The van der Waals surface area contributed by atoms with Crippen LogP contribution in [0.2, 0.25) is 0 Å². The fraction of sp³-hybridized carbons (Fsp3) is 0.529. The Morgan fingerprint density at radius 1 is 1.26 bits per heavy atom. The van der Waals surface area contributed by atoms with Crippen LogP contribution in [0, 0.1) is 0 Å². The molecule has 120 valence electrons. The first kappa shape index (κ1) is 14.5. The maximum absolute atomic E-state index is 12.3. The molecule has 1 atom stereocenters. The molecule has 2 aromatic rings. The summed E-state index contributed by atoms with van der Waals surface area (Å²) in [6, 6.07) is 4.10. The average molecular weight is 311 g/mol. The summed E-state index contributed by atoms with van der Waals surface area (Å²) in [5, 5.41) is 4.61. The molecule has 0 saturated carbocycles. The largest absolute Gasteiger partial charge is 0.293 e. The zero-order chi connectivity index (χ0) is 15.6. The maximum Gasteiger partial charge on any atom is 0.267 e. The molecule has 1 aliphatic heterocycles. The van der Waals surface area contributed by atoms with Gasteiger partial charge in [-0.25, -0.2) is 14.6 Å². The van der Waals surface area contributed by atoms with E-state index in [0.29, 0.717) is 12.6 Å². The second kappa shape index (κ2) is 6.20. The molecular formula is C17H21N5O. The van der Waals surface area contributed by atoms with E-state index in [4.69, 9.17) is 0 Å². The van der Waals surface area contributed by atoms with Crippen LogP contribution >= 0.6 is 0 Å². The Kier molecular flexibility index (Phi) is 3.91. The van der Waals surface area contributed by atoms with Crippen LogP contribution < -0.4 is 5.56 Å². The lowest BCUT2D eigenvalue weighted by Crippen LogP contribution is -2.37. The molecule has 0 radical (unpaired) electrons. The van der Waals surface area contributed by atoms with Crippen molar-refractivity contribution in [3.05, 3.63) is 52.0 Å². The zero-order valence-corrected chi connectivity index (χ0v) is 13.2. The molecule has 4 rings (SSSR count). The highest BCUT2D eigenvalue weighted by Crippen LogP contribution is 2.21. The standard InChI is InChI=1S/C17H21N5O/c23-17-9-13-3-1-5-16(13)20-22(17)11-15-4-2-8-21(15)10-14-6-7-18-12-19-14/h6-7,9,12,15H,1-5,8,10-11H2. The summed E-state index contributed by atoms with van der Waals surface area (Å²) in [4.78, 5) is 23.0. The van der Waals surface area contributed by atoms with Gasteiger partial charge in [-0.05, 0) is 50.3 Å². The molecule has 1 fully saturated rings. The summed E-state index contributed by atoms with van der Waals surface area (Å²) in [5.41, 5.74) is 3.33. The summed E-state index contributed by atoms with van der Waals surface area (Å²) in [5.74, 6) is 0. The van der Waals surface area contributed by atoms with Crippen LogP contribution in [0.15, 0.2) is 29.5 Å². The number of likely N-dealkylation sites (tertiary alicyclic amines) is 1. The molecular weight excluding hydrogens is 290 g/mol. The quantitative estimate of drug-likeness (QED) is 0.848. The molecule has 0 N–H and O–H groups in total. The molecule has 2 aliphatic rings. The molecule has 0 amide bonds. The molecule has 6 nitrogen and oxygen atoms in total. The maximum atomic E-state index is 12.3.